The lowest BCUT2D eigenvalue weighted by Gasteiger charge is -2.17. The summed E-state index contributed by atoms with van der Waals surface area (Å²) in [5.74, 6) is -0.405. The molecule has 0 amide bonds. The molecule has 0 aliphatic carbocycles. The van der Waals surface area contributed by atoms with Crippen LogP contribution in [0.3, 0.4) is 0 Å². The van der Waals surface area contributed by atoms with Gasteiger partial charge in [0.1, 0.15) is 11.8 Å². The maximum Gasteiger partial charge on any atom is 0.320 e. The molecule has 88 valence electrons. The molecule has 1 aromatic carbocycles. The number of para-hydroxylation sites is 1. The smallest absolute Gasteiger partial charge is 0.320 e. The molecule has 2 atom stereocenters. The van der Waals surface area contributed by atoms with Crippen molar-refractivity contribution < 1.29 is 14.6 Å². The average molecular weight is 224 g/mol. The Balaban J connectivity index is 2.79. The maximum atomic E-state index is 10.6. The van der Waals surface area contributed by atoms with Crippen molar-refractivity contribution >= 4 is 5.97 Å². The van der Waals surface area contributed by atoms with Crippen molar-refractivity contribution in [2.45, 2.75) is 18.5 Å². The molecular formula is C11H16N2O3. The van der Waals surface area contributed by atoms with Crippen LogP contribution in [0.15, 0.2) is 24.3 Å². The predicted octanol–water partition coefficient (Wildman–Crippen LogP) is 0.497. The number of carboxylic acids is 1. The average Bonchev–Trinajstić information content (AvgIpc) is 2.28. The van der Waals surface area contributed by atoms with Gasteiger partial charge in [0.2, 0.25) is 0 Å². The highest BCUT2D eigenvalue weighted by atomic mass is 16.5. The molecule has 1 aromatic rings. The fourth-order valence-corrected chi connectivity index (χ4v) is 1.47. The zero-order valence-corrected chi connectivity index (χ0v) is 9.09. The van der Waals surface area contributed by atoms with Gasteiger partial charge >= 0.3 is 5.97 Å². The summed E-state index contributed by atoms with van der Waals surface area (Å²) in [6, 6.07) is 5.83. The minimum atomic E-state index is -1.05. The number of carbonyl (C=O) groups is 1. The first-order valence-corrected chi connectivity index (χ1v) is 4.93. The van der Waals surface area contributed by atoms with Gasteiger partial charge in [0.15, 0.2) is 0 Å². The number of ether oxygens (including phenoxy) is 1. The fraction of sp³-hybridized carbons (Fsp3) is 0.364. The van der Waals surface area contributed by atoms with E-state index in [1.807, 2.05) is 12.1 Å². The van der Waals surface area contributed by atoms with E-state index in [0.717, 1.165) is 5.56 Å². The van der Waals surface area contributed by atoms with Gasteiger partial charge in [-0.05, 0) is 12.5 Å². The number of carboxylic acid groups (broad SMARTS) is 1. The lowest BCUT2D eigenvalue weighted by atomic mass is 10.00. The molecule has 1 rings (SSSR count). The molecule has 0 aliphatic heterocycles. The monoisotopic (exact) mass is 224 g/mol. The van der Waals surface area contributed by atoms with Crippen LogP contribution < -0.4 is 16.2 Å². The summed E-state index contributed by atoms with van der Waals surface area (Å²) in [4.78, 5) is 10.6. The van der Waals surface area contributed by atoms with E-state index in [9.17, 15) is 4.79 Å². The highest BCUT2D eigenvalue weighted by molar-refractivity contribution is 5.73. The molecule has 0 heterocycles. The number of hydrogen-bond acceptors (Lipinski definition) is 4. The van der Waals surface area contributed by atoms with Crippen molar-refractivity contribution in [2.24, 2.45) is 11.5 Å². The van der Waals surface area contributed by atoms with Gasteiger partial charge in [0.25, 0.3) is 0 Å². The maximum absolute atomic E-state index is 10.6. The van der Waals surface area contributed by atoms with Crippen LogP contribution in [0.25, 0.3) is 0 Å². The molecule has 16 heavy (non-hydrogen) atoms. The van der Waals surface area contributed by atoms with Gasteiger partial charge in [-0.15, -0.1) is 0 Å². The van der Waals surface area contributed by atoms with E-state index < -0.39 is 18.1 Å². The minimum Gasteiger partial charge on any atom is -0.496 e. The highest BCUT2D eigenvalue weighted by Crippen LogP contribution is 2.25. The van der Waals surface area contributed by atoms with E-state index in [2.05, 4.69) is 0 Å². The first kappa shape index (κ1) is 12.5. The highest BCUT2D eigenvalue weighted by Gasteiger charge is 2.19. The van der Waals surface area contributed by atoms with Gasteiger partial charge in [-0.1, -0.05) is 18.2 Å². The Hall–Kier alpha value is -1.59. The minimum absolute atomic E-state index is 0.176. The van der Waals surface area contributed by atoms with Gasteiger partial charge in [-0.25, -0.2) is 0 Å². The van der Waals surface area contributed by atoms with Crippen molar-refractivity contribution in [2.75, 3.05) is 7.11 Å². The van der Waals surface area contributed by atoms with E-state index in [1.54, 1.807) is 19.2 Å². The Kier molecular flexibility index (Phi) is 4.28. The van der Waals surface area contributed by atoms with Crippen LogP contribution in [0.1, 0.15) is 18.0 Å². The molecule has 5 N–H and O–H groups in total. The lowest BCUT2D eigenvalue weighted by molar-refractivity contribution is -0.138. The molecule has 0 aromatic heterocycles. The normalized spacial score (nSPS) is 14.2. The number of methoxy groups -OCH3 is 1. The van der Waals surface area contributed by atoms with Crippen LogP contribution in [0, 0.1) is 0 Å². The molecule has 0 bridgehead atoms. The second kappa shape index (κ2) is 5.48. The molecule has 5 heteroatoms. The van der Waals surface area contributed by atoms with Crippen molar-refractivity contribution in [3.8, 4) is 5.75 Å². The molecule has 0 saturated carbocycles. The fourth-order valence-electron chi connectivity index (χ4n) is 1.47. The second-order valence-electron chi connectivity index (χ2n) is 3.53. The summed E-state index contributed by atoms with van der Waals surface area (Å²) in [5.41, 5.74) is 12.1. The molecule has 5 nitrogen and oxygen atoms in total. The van der Waals surface area contributed by atoms with E-state index in [0.29, 0.717) is 5.75 Å². The van der Waals surface area contributed by atoms with E-state index in [1.165, 1.54) is 0 Å². The third-order valence-electron chi connectivity index (χ3n) is 2.36. The Bertz CT molecular complexity index is 368. The van der Waals surface area contributed by atoms with Crippen LogP contribution in [0.4, 0.5) is 0 Å². The van der Waals surface area contributed by atoms with Crippen molar-refractivity contribution in [1.29, 1.82) is 0 Å². The van der Waals surface area contributed by atoms with Gasteiger partial charge in [-0.2, -0.15) is 0 Å². The zero-order chi connectivity index (χ0) is 12.1. The zero-order valence-electron chi connectivity index (χ0n) is 9.09. The van der Waals surface area contributed by atoms with Crippen molar-refractivity contribution in [3.63, 3.8) is 0 Å². The largest absolute Gasteiger partial charge is 0.496 e. The van der Waals surface area contributed by atoms with E-state index in [-0.39, 0.29) is 6.42 Å². The van der Waals surface area contributed by atoms with Gasteiger partial charge in [-0.3, -0.25) is 4.79 Å². The standard InChI is InChI=1S/C11H16N2O3/c1-16-10-5-3-2-4-7(10)8(12)6-9(13)11(14)15/h2-5,8-9H,6,12-13H2,1H3,(H,14,15). The number of rotatable bonds is 5. The molecule has 0 fully saturated rings. The van der Waals surface area contributed by atoms with Gasteiger partial charge in [0.05, 0.1) is 7.11 Å². The summed E-state index contributed by atoms with van der Waals surface area (Å²) < 4.78 is 5.14. The predicted molar refractivity (Wildman–Crippen MR) is 60.2 cm³/mol. The Morgan fingerprint density at radius 2 is 2.06 bits per heavy atom. The number of benzene rings is 1. The van der Waals surface area contributed by atoms with Crippen LogP contribution in [0.2, 0.25) is 0 Å². The van der Waals surface area contributed by atoms with E-state index in [4.69, 9.17) is 21.3 Å². The summed E-state index contributed by atoms with van der Waals surface area (Å²) >= 11 is 0. The van der Waals surface area contributed by atoms with Crippen LogP contribution in [-0.4, -0.2) is 24.2 Å². The molecule has 0 saturated heterocycles. The Morgan fingerprint density at radius 1 is 1.44 bits per heavy atom. The number of aliphatic carboxylic acids is 1. The summed E-state index contributed by atoms with van der Waals surface area (Å²) in [6.45, 7) is 0. The molecule has 0 spiro atoms. The summed E-state index contributed by atoms with van der Waals surface area (Å²) in [6.07, 6.45) is 0.176. The molecular weight excluding hydrogens is 208 g/mol. The van der Waals surface area contributed by atoms with Crippen molar-refractivity contribution in [3.05, 3.63) is 29.8 Å². The quantitative estimate of drug-likeness (QED) is 0.676. The Morgan fingerprint density at radius 3 is 2.62 bits per heavy atom. The molecule has 0 aliphatic rings. The van der Waals surface area contributed by atoms with E-state index >= 15 is 0 Å². The topological polar surface area (TPSA) is 98.6 Å². The SMILES string of the molecule is COc1ccccc1C(N)CC(N)C(=O)O. The Labute approximate surface area is 94.0 Å². The second-order valence-corrected chi connectivity index (χ2v) is 3.53. The molecule has 0 radical (unpaired) electrons. The first-order chi connectivity index (χ1) is 7.56. The third-order valence-corrected chi connectivity index (χ3v) is 2.36. The van der Waals surface area contributed by atoms with Crippen LogP contribution in [-0.2, 0) is 4.79 Å². The van der Waals surface area contributed by atoms with Crippen LogP contribution >= 0.6 is 0 Å². The number of nitrogens with two attached hydrogens (primary N) is 2. The third kappa shape index (κ3) is 2.95. The molecule has 2 unspecified atom stereocenters. The summed E-state index contributed by atoms with van der Waals surface area (Å²) in [7, 11) is 1.54. The van der Waals surface area contributed by atoms with Gasteiger partial charge < -0.3 is 21.3 Å². The lowest BCUT2D eigenvalue weighted by Crippen LogP contribution is -2.33. The van der Waals surface area contributed by atoms with Crippen LogP contribution in [0.5, 0.6) is 5.75 Å². The first-order valence-electron chi connectivity index (χ1n) is 4.93. The van der Waals surface area contributed by atoms with Gasteiger partial charge in [0, 0.05) is 11.6 Å². The summed E-state index contributed by atoms with van der Waals surface area (Å²) in [5, 5.41) is 8.69. The number of hydrogen-bond donors (Lipinski definition) is 3. The van der Waals surface area contributed by atoms with Crippen molar-refractivity contribution in [1.82, 2.24) is 0 Å².